The fraction of sp³-hybridized carbons (Fsp3) is 0. The maximum atomic E-state index is 12.9. The molecule has 1 aliphatic heterocycles. The molecule has 1 saturated heterocycles. The molecule has 0 atom stereocenters. The summed E-state index contributed by atoms with van der Waals surface area (Å²) in [6.07, 6.45) is 1.82. The predicted molar refractivity (Wildman–Crippen MR) is 120 cm³/mol. The Morgan fingerprint density at radius 1 is 0.929 bits per heavy atom. The third kappa shape index (κ3) is 4.12. The number of anilines is 1. The second kappa shape index (κ2) is 8.19. The van der Waals surface area contributed by atoms with Crippen LogP contribution in [0.4, 0.5) is 5.69 Å². The summed E-state index contributed by atoms with van der Waals surface area (Å²) in [5.74, 6) is 1.30. The summed E-state index contributed by atoms with van der Waals surface area (Å²) >= 11 is 12.7. The normalized spacial score (nSPS) is 15.3. The standard InChI is InChI=1S/C22H14ClNO2S2/c23-16-7-5-8-17(14-16)24-21(25)20(28-22(24)27)13-15-6-4-11-19(12-15)26-18-9-2-1-3-10-18/h1-14H/b20-13-. The topological polar surface area (TPSA) is 29.5 Å². The summed E-state index contributed by atoms with van der Waals surface area (Å²) in [5.41, 5.74) is 1.53. The Bertz CT molecular complexity index is 1080. The van der Waals surface area contributed by atoms with Crippen LogP contribution in [0.5, 0.6) is 11.5 Å². The first-order valence-corrected chi connectivity index (χ1v) is 10.1. The number of amides is 1. The quantitative estimate of drug-likeness (QED) is 0.352. The summed E-state index contributed by atoms with van der Waals surface area (Å²) in [6.45, 7) is 0. The lowest BCUT2D eigenvalue weighted by molar-refractivity contribution is -0.113. The number of carbonyl (C=O) groups excluding carboxylic acids is 1. The van der Waals surface area contributed by atoms with Gasteiger partial charge in [-0.3, -0.25) is 9.69 Å². The van der Waals surface area contributed by atoms with Crippen molar-refractivity contribution < 1.29 is 9.53 Å². The van der Waals surface area contributed by atoms with E-state index in [2.05, 4.69) is 0 Å². The van der Waals surface area contributed by atoms with Gasteiger partial charge in [-0.25, -0.2) is 0 Å². The lowest BCUT2D eigenvalue weighted by Crippen LogP contribution is -2.27. The monoisotopic (exact) mass is 423 g/mol. The minimum atomic E-state index is -0.161. The molecule has 1 aliphatic rings. The number of benzene rings is 3. The second-order valence-corrected chi connectivity index (χ2v) is 8.10. The smallest absolute Gasteiger partial charge is 0.270 e. The van der Waals surface area contributed by atoms with Crippen molar-refractivity contribution in [2.24, 2.45) is 0 Å². The van der Waals surface area contributed by atoms with E-state index in [-0.39, 0.29) is 5.91 Å². The SMILES string of the molecule is O=C1/C(=C/c2cccc(Oc3ccccc3)c2)SC(=S)N1c1cccc(Cl)c1. The first kappa shape index (κ1) is 18.7. The van der Waals surface area contributed by atoms with Gasteiger partial charge in [0.2, 0.25) is 0 Å². The molecule has 3 aromatic carbocycles. The first-order chi connectivity index (χ1) is 13.6. The zero-order chi connectivity index (χ0) is 19.5. The number of para-hydroxylation sites is 1. The lowest BCUT2D eigenvalue weighted by Gasteiger charge is -2.14. The molecule has 138 valence electrons. The predicted octanol–water partition coefficient (Wildman–Crippen LogP) is 6.54. The van der Waals surface area contributed by atoms with Gasteiger partial charge in [0.1, 0.15) is 11.5 Å². The molecule has 0 bridgehead atoms. The van der Waals surface area contributed by atoms with Crippen molar-refractivity contribution >= 4 is 57.6 Å². The van der Waals surface area contributed by atoms with Gasteiger partial charge in [0, 0.05) is 5.02 Å². The molecule has 0 aromatic heterocycles. The minimum Gasteiger partial charge on any atom is -0.457 e. The maximum absolute atomic E-state index is 12.9. The van der Waals surface area contributed by atoms with E-state index in [9.17, 15) is 4.79 Å². The number of ether oxygens (including phenoxy) is 1. The zero-order valence-electron chi connectivity index (χ0n) is 14.5. The molecule has 0 N–H and O–H groups in total. The summed E-state index contributed by atoms with van der Waals surface area (Å²) in [4.78, 5) is 14.9. The molecule has 1 amide bonds. The van der Waals surface area contributed by atoms with Gasteiger partial charge in [-0.2, -0.15) is 0 Å². The number of thioether (sulfide) groups is 1. The van der Waals surface area contributed by atoms with Crippen LogP contribution in [0.3, 0.4) is 0 Å². The average Bonchev–Trinajstić information content (AvgIpc) is 2.96. The van der Waals surface area contributed by atoms with Crippen LogP contribution >= 0.6 is 35.6 Å². The Hall–Kier alpha value is -2.60. The van der Waals surface area contributed by atoms with Crippen LogP contribution in [0.25, 0.3) is 6.08 Å². The van der Waals surface area contributed by atoms with Gasteiger partial charge in [-0.15, -0.1) is 0 Å². The molecule has 0 unspecified atom stereocenters. The van der Waals surface area contributed by atoms with Crippen LogP contribution in [-0.2, 0) is 4.79 Å². The molecule has 0 radical (unpaired) electrons. The van der Waals surface area contributed by atoms with Gasteiger partial charge in [0.15, 0.2) is 4.32 Å². The van der Waals surface area contributed by atoms with Gasteiger partial charge in [0.05, 0.1) is 10.6 Å². The van der Waals surface area contributed by atoms with Crippen LogP contribution in [0.1, 0.15) is 5.56 Å². The molecule has 0 spiro atoms. The highest BCUT2D eigenvalue weighted by Crippen LogP contribution is 2.37. The van der Waals surface area contributed by atoms with Crippen molar-refractivity contribution in [3.63, 3.8) is 0 Å². The molecular weight excluding hydrogens is 410 g/mol. The highest BCUT2D eigenvalue weighted by atomic mass is 35.5. The highest BCUT2D eigenvalue weighted by molar-refractivity contribution is 8.27. The van der Waals surface area contributed by atoms with E-state index >= 15 is 0 Å². The van der Waals surface area contributed by atoms with E-state index in [4.69, 9.17) is 28.6 Å². The largest absolute Gasteiger partial charge is 0.457 e. The molecule has 4 rings (SSSR count). The minimum absolute atomic E-state index is 0.161. The number of nitrogens with zero attached hydrogens (tertiary/aromatic N) is 1. The van der Waals surface area contributed by atoms with Crippen molar-refractivity contribution in [1.29, 1.82) is 0 Å². The van der Waals surface area contributed by atoms with Crippen molar-refractivity contribution in [3.8, 4) is 11.5 Å². The number of hydrogen-bond acceptors (Lipinski definition) is 4. The van der Waals surface area contributed by atoms with Crippen molar-refractivity contribution in [1.82, 2.24) is 0 Å². The Morgan fingerprint density at radius 2 is 1.68 bits per heavy atom. The molecule has 0 aliphatic carbocycles. The fourth-order valence-corrected chi connectivity index (χ4v) is 4.23. The molecule has 3 nitrogen and oxygen atoms in total. The van der Waals surface area contributed by atoms with E-state index in [0.29, 0.717) is 25.7 Å². The van der Waals surface area contributed by atoms with Crippen LogP contribution in [0.2, 0.25) is 5.02 Å². The van der Waals surface area contributed by atoms with E-state index in [0.717, 1.165) is 11.3 Å². The summed E-state index contributed by atoms with van der Waals surface area (Å²) in [6, 6.07) is 24.2. The number of carbonyl (C=O) groups is 1. The van der Waals surface area contributed by atoms with Gasteiger partial charge in [-0.05, 0) is 54.1 Å². The van der Waals surface area contributed by atoms with Crippen molar-refractivity contribution in [2.75, 3.05) is 4.90 Å². The number of rotatable bonds is 4. The third-order valence-corrected chi connectivity index (χ3v) is 5.53. The van der Waals surface area contributed by atoms with Gasteiger partial charge in [-0.1, -0.05) is 72.0 Å². The Morgan fingerprint density at radius 3 is 2.46 bits per heavy atom. The van der Waals surface area contributed by atoms with Gasteiger partial charge < -0.3 is 4.74 Å². The Kier molecular flexibility index (Phi) is 5.48. The van der Waals surface area contributed by atoms with Crippen LogP contribution in [-0.4, -0.2) is 10.2 Å². The third-order valence-electron chi connectivity index (χ3n) is 3.99. The molecule has 0 saturated carbocycles. The number of hydrogen-bond donors (Lipinski definition) is 0. The molecule has 28 heavy (non-hydrogen) atoms. The highest BCUT2D eigenvalue weighted by Gasteiger charge is 2.33. The van der Waals surface area contributed by atoms with Crippen LogP contribution in [0.15, 0.2) is 83.8 Å². The van der Waals surface area contributed by atoms with E-state index in [1.54, 1.807) is 18.2 Å². The maximum Gasteiger partial charge on any atom is 0.270 e. The molecule has 1 heterocycles. The van der Waals surface area contributed by atoms with Gasteiger partial charge >= 0.3 is 0 Å². The Balaban J connectivity index is 1.58. The Labute approximate surface area is 177 Å². The fourth-order valence-electron chi connectivity index (χ4n) is 2.75. The van der Waals surface area contributed by atoms with E-state index in [1.165, 1.54) is 16.7 Å². The summed E-state index contributed by atoms with van der Waals surface area (Å²) < 4.78 is 6.34. The molecular formula is C22H14ClNO2S2. The number of halogens is 1. The van der Waals surface area contributed by atoms with Crippen molar-refractivity contribution in [2.45, 2.75) is 0 Å². The lowest BCUT2D eigenvalue weighted by atomic mass is 10.2. The zero-order valence-corrected chi connectivity index (χ0v) is 16.9. The van der Waals surface area contributed by atoms with Crippen LogP contribution in [0, 0.1) is 0 Å². The molecule has 1 fully saturated rings. The summed E-state index contributed by atoms with van der Waals surface area (Å²) in [5, 5.41) is 0.557. The summed E-state index contributed by atoms with van der Waals surface area (Å²) in [7, 11) is 0. The molecule has 6 heteroatoms. The van der Waals surface area contributed by atoms with E-state index < -0.39 is 0 Å². The van der Waals surface area contributed by atoms with Gasteiger partial charge in [0.25, 0.3) is 5.91 Å². The van der Waals surface area contributed by atoms with Crippen LogP contribution < -0.4 is 9.64 Å². The second-order valence-electron chi connectivity index (χ2n) is 5.98. The molecule has 3 aromatic rings. The first-order valence-electron chi connectivity index (χ1n) is 8.47. The van der Waals surface area contributed by atoms with Crippen molar-refractivity contribution in [3.05, 3.63) is 94.4 Å². The average molecular weight is 424 g/mol. The number of thiocarbonyl (C=S) groups is 1. The van der Waals surface area contributed by atoms with E-state index in [1.807, 2.05) is 66.7 Å².